The first-order valence-corrected chi connectivity index (χ1v) is 9.11. The van der Waals surface area contributed by atoms with E-state index >= 15 is 0 Å². The predicted molar refractivity (Wildman–Crippen MR) is 106 cm³/mol. The highest BCUT2D eigenvalue weighted by Crippen LogP contribution is 2.19. The summed E-state index contributed by atoms with van der Waals surface area (Å²) in [7, 11) is 0. The highest BCUT2D eigenvalue weighted by atomic mass is 127. The van der Waals surface area contributed by atoms with Crippen LogP contribution < -0.4 is 11.1 Å². The lowest BCUT2D eigenvalue weighted by molar-refractivity contribution is -0.157. The van der Waals surface area contributed by atoms with Gasteiger partial charge in [-0.3, -0.25) is 0 Å². The van der Waals surface area contributed by atoms with Crippen molar-refractivity contribution in [3.05, 3.63) is 27.3 Å². The van der Waals surface area contributed by atoms with Gasteiger partial charge in [0.05, 0.1) is 0 Å². The zero-order chi connectivity index (χ0) is 19.4. The van der Waals surface area contributed by atoms with E-state index in [9.17, 15) is 9.59 Å². The van der Waals surface area contributed by atoms with Crippen LogP contribution in [-0.2, 0) is 20.7 Å². The lowest BCUT2D eigenvalue weighted by Crippen LogP contribution is -2.47. The predicted octanol–water partition coefficient (Wildman–Crippen LogP) is 3.65. The molecule has 0 saturated carbocycles. The van der Waals surface area contributed by atoms with E-state index in [2.05, 4.69) is 27.9 Å². The maximum atomic E-state index is 12.5. The third-order valence-electron chi connectivity index (χ3n) is 2.88. The van der Waals surface area contributed by atoms with Crippen molar-refractivity contribution in [3.8, 4) is 0 Å². The second-order valence-corrected chi connectivity index (χ2v) is 8.95. The van der Waals surface area contributed by atoms with E-state index in [0.717, 1.165) is 9.13 Å². The van der Waals surface area contributed by atoms with Crippen LogP contribution in [0.25, 0.3) is 0 Å². The fraction of sp³-hybridized carbons (Fsp3) is 0.556. The minimum absolute atomic E-state index is 0.284. The zero-order valence-electron chi connectivity index (χ0n) is 15.6. The molecule has 1 aromatic carbocycles. The summed E-state index contributed by atoms with van der Waals surface area (Å²) in [4.78, 5) is 24.6. The molecule has 6 nitrogen and oxygen atoms in total. The standard InChI is InChI=1S/C18H27IN2O4/c1-17(2,3)24-15(22)14(21-16(23)25-18(4,5)6)9-11-7-8-12(20)10-13(11)19/h7-8,10,14H,9,20H2,1-6H3,(H,21,23). The third-order valence-corrected chi connectivity index (χ3v) is 3.89. The van der Waals surface area contributed by atoms with Gasteiger partial charge in [0.15, 0.2) is 0 Å². The van der Waals surface area contributed by atoms with Crippen molar-refractivity contribution >= 4 is 40.3 Å². The number of nitrogens with two attached hydrogens (primary N) is 1. The minimum atomic E-state index is -0.855. The Balaban J connectivity index is 2.98. The summed E-state index contributed by atoms with van der Waals surface area (Å²) in [5.74, 6) is -0.508. The van der Waals surface area contributed by atoms with Gasteiger partial charge in [-0.2, -0.15) is 0 Å². The average molecular weight is 462 g/mol. The minimum Gasteiger partial charge on any atom is -0.458 e. The molecule has 0 heterocycles. The van der Waals surface area contributed by atoms with E-state index in [1.807, 2.05) is 12.1 Å². The number of carbonyl (C=O) groups excluding carboxylic acids is 2. The lowest BCUT2D eigenvalue weighted by Gasteiger charge is -2.26. The third kappa shape index (κ3) is 8.42. The van der Waals surface area contributed by atoms with Crippen LogP contribution in [0.5, 0.6) is 0 Å². The van der Waals surface area contributed by atoms with Crippen molar-refractivity contribution in [2.45, 2.75) is 65.2 Å². The summed E-state index contributed by atoms with van der Waals surface area (Å²) in [5.41, 5.74) is 5.99. The number of nitrogens with one attached hydrogen (secondary N) is 1. The number of benzene rings is 1. The van der Waals surface area contributed by atoms with Gasteiger partial charge in [-0.15, -0.1) is 0 Å². The lowest BCUT2D eigenvalue weighted by atomic mass is 10.1. The molecule has 0 radical (unpaired) electrons. The fourth-order valence-corrected chi connectivity index (χ4v) is 2.72. The number of anilines is 1. The van der Waals surface area contributed by atoms with Gasteiger partial charge in [-0.25, -0.2) is 9.59 Å². The van der Waals surface area contributed by atoms with Crippen LogP contribution in [0.15, 0.2) is 18.2 Å². The van der Waals surface area contributed by atoms with E-state index in [1.54, 1.807) is 47.6 Å². The first-order valence-electron chi connectivity index (χ1n) is 8.03. The normalized spacial score (nSPS) is 13.1. The molecule has 0 aliphatic heterocycles. The van der Waals surface area contributed by atoms with Crippen LogP contribution in [-0.4, -0.2) is 29.3 Å². The van der Waals surface area contributed by atoms with Gasteiger partial charge < -0.3 is 20.5 Å². The number of rotatable bonds is 4. The van der Waals surface area contributed by atoms with Crippen molar-refractivity contribution in [3.63, 3.8) is 0 Å². The summed E-state index contributed by atoms with van der Waals surface area (Å²) in [5, 5.41) is 2.62. The SMILES string of the molecule is CC(C)(C)OC(=O)NC(Cc1ccc(N)cc1I)C(=O)OC(C)(C)C. The van der Waals surface area contributed by atoms with Crippen molar-refractivity contribution in [1.82, 2.24) is 5.32 Å². The average Bonchev–Trinajstić information content (AvgIpc) is 2.36. The van der Waals surface area contributed by atoms with Crippen molar-refractivity contribution in [1.29, 1.82) is 0 Å². The second-order valence-electron chi connectivity index (χ2n) is 7.79. The summed E-state index contributed by atoms with van der Waals surface area (Å²) in [6.45, 7) is 10.6. The largest absolute Gasteiger partial charge is 0.458 e. The van der Waals surface area contributed by atoms with Gasteiger partial charge in [0.1, 0.15) is 17.2 Å². The molecule has 7 heteroatoms. The number of esters is 1. The van der Waals surface area contributed by atoms with Crippen LogP contribution >= 0.6 is 22.6 Å². The van der Waals surface area contributed by atoms with Gasteiger partial charge in [0.2, 0.25) is 0 Å². The molecule has 0 aliphatic carbocycles. The molecule has 140 valence electrons. The van der Waals surface area contributed by atoms with Crippen LogP contribution in [0.1, 0.15) is 47.1 Å². The van der Waals surface area contributed by atoms with Gasteiger partial charge >= 0.3 is 12.1 Å². The van der Waals surface area contributed by atoms with E-state index in [0.29, 0.717) is 5.69 Å². The molecule has 0 spiro atoms. The molecule has 1 aromatic rings. The molecule has 0 saturated heterocycles. The van der Waals surface area contributed by atoms with E-state index in [-0.39, 0.29) is 6.42 Å². The summed E-state index contributed by atoms with van der Waals surface area (Å²) >= 11 is 2.15. The molecule has 0 fully saturated rings. The number of ether oxygens (including phenoxy) is 2. The number of nitrogen functional groups attached to an aromatic ring is 1. The molecule has 1 unspecified atom stereocenters. The Kier molecular flexibility index (Phi) is 7.10. The van der Waals surface area contributed by atoms with Crippen LogP contribution in [0.2, 0.25) is 0 Å². The Bertz CT molecular complexity index is 633. The summed E-state index contributed by atoms with van der Waals surface area (Å²) in [6, 6.07) is 4.56. The number of halogens is 1. The fourth-order valence-electron chi connectivity index (χ4n) is 1.97. The van der Waals surface area contributed by atoms with Gasteiger partial charge in [-0.05, 0) is 81.8 Å². The molecular formula is C18H27IN2O4. The smallest absolute Gasteiger partial charge is 0.408 e. The van der Waals surface area contributed by atoms with Gasteiger partial charge in [0, 0.05) is 15.7 Å². The highest BCUT2D eigenvalue weighted by Gasteiger charge is 2.29. The van der Waals surface area contributed by atoms with E-state index in [1.165, 1.54) is 0 Å². The number of amides is 1. The van der Waals surface area contributed by atoms with Crippen molar-refractivity contribution in [2.24, 2.45) is 0 Å². The Hall–Kier alpha value is -1.51. The maximum Gasteiger partial charge on any atom is 0.408 e. The van der Waals surface area contributed by atoms with E-state index < -0.39 is 29.3 Å². The first-order chi connectivity index (χ1) is 11.3. The molecule has 0 aliphatic rings. The Labute approximate surface area is 163 Å². The number of alkyl carbamates (subject to hydrolysis) is 1. The summed E-state index contributed by atoms with van der Waals surface area (Å²) < 4.78 is 11.6. The number of carbonyl (C=O) groups is 2. The number of hydrogen-bond donors (Lipinski definition) is 2. The maximum absolute atomic E-state index is 12.5. The van der Waals surface area contributed by atoms with Gasteiger partial charge in [0.25, 0.3) is 0 Å². The van der Waals surface area contributed by atoms with Crippen LogP contribution in [0.4, 0.5) is 10.5 Å². The second kappa shape index (κ2) is 8.25. The molecule has 1 atom stereocenters. The molecule has 0 bridgehead atoms. The van der Waals surface area contributed by atoms with Crippen molar-refractivity contribution < 1.29 is 19.1 Å². The molecule has 1 amide bonds. The summed E-state index contributed by atoms with van der Waals surface area (Å²) in [6.07, 6.45) is -0.374. The van der Waals surface area contributed by atoms with Crippen LogP contribution in [0, 0.1) is 3.57 Å². The van der Waals surface area contributed by atoms with Crippen LogP contribution in [0.3, 0.4) is 0 Å². The Morgan fingerprint density at radius 1 is 1.12 bits per heavy atom. The molecule has 1 rings (SSSR count). The highest BCUT2D eigenvalue weighted by molar-refractivity contribution is 14.1. The van der Waals surface area contributed by atoms with Gasteiger partial charge in [-0.1, -0.05) is 6.07 Å². The van der Waals surface area contributed by atoms with Crippen molar-refractivity contribution in [2.75, 3.05) is 5.73 Å². The molecule has 25 heavy (non-hydrogen) atoms. The first kappa shape index (κ1) is 21.5. The Morgan fingerprint density at radius 2 is 1.68 bits per heavy atom. The monoisotopic (exact) mass is 462 g/mol. The van der Waals surface area contributed by atoms with E-state index in [4.69, 9.17) is 15.2 Å². The zero-order valence-corrected chi connectivity index (χ0v) is 17.8. The molecule has 0 aromatic heterocycles. The topological polar surface area (TPSA) is 90.6 Å². The quantitative estimate of drug-likeness (QED) is 0.405. The Morgan fingerprint density at radius 3 is 2.16 bits per heavy atom. The molecule has 3 N–H and O–H groups in total. The number of hydrogen-bond acceptors (Lipinski definition) is 5. The molecular weight excluding hydrogens is 435 g/mol.